The molecule has 1 aliphatic carbocycles. The van der Waals surface area contributed by atoms with E-state index in [0.717, 1.165) is 63.4 Å². The van der Waals surface area contributed by atoms with Crippen LogP contribution in [0, 0.1) is 34.5 Å². The molecule has 0 amide bonds. The number of nitriles is 1. The van der Waals surface area contributed by atoms with Crippen molar-refractivity contribution >= 4 is 12.1 Å². The molecule has 4 nitrogen and oxygen atoms in total. The molecule has 1 aromatic carbocycles. The number of alkyl halides is 3. The van der Waals surface area contributed by atoms with Crippen LogP contribution in [0.3, 0.4) is 0 Å². The standard InChI is InChI=1S/C23H30F3N3O/c1-2-18(16-27)19-9-11-20(12-10-19)22(28)29-15-5-3-4-6-17-7-13-21(14-8-17)30-23(24,25)26/h7-8,13-15,18-20,28H,2-6,9-12H2,1H3. The molecule has 0 bridgehead atoms. The topological polar surface area (TPSA) is 69.2 Å². The second-order valence-electron chi connectivity index (χ2n) is 7.89. The Morgan fingerprint density at radius 3 is 2.47 bits per heavy atom. The maximum Gasteiger partial charge on any atom is 0.573 e. The van der Waals surface area contributed by atoms with Gasteiger partial charge < -0.3 is 4.74 Å². The Kier molecular flexibility index (Phi) is 9.35. The number of aliphatic imine (C=N–C) groups is 1. The van der Waals surface area contributed by atoms with E-state index in [0.29, 0.717) is 11.8 Å². The fourth-order valence-corrected chi connectivity index (χ4v) is 4.02. The highest BCUT2D eigenvalue weighted by atomic mass is 19.4. The summed E-state index contributed by atoms with van der Waals surface area (Å²) < 4.78 is 40.3. The number of halogens is 3. The molecule has 0 spiro atoms. The van der Waals surface area contributed by atoms with E-state index in [1.807, 2.05) is 0 Å². The number of benzene rings is 1. The number of nitrogens with one attached hydrogen (secondary N) is 1. The Hall–Kier alpha value is -2.36. The van der Waals surface area contributed by atoms with Gasteiger partial charge in [0.15, 0.2) is 0 Å². The fourth-order valence-electron chi connectivity index (χ4n) is 4.02. The van der Waals surface area contributed by atoms with Gasteiger partial charge in [-0.25, -0.2) is 4.99 Å². The van der Waals surface area contributed by atoms with Crippen LogP contribution in [0.25, 0.3) is 0 Å². The average Bonchev–Trinajstić information content (AvgIpc) is 2.72. The predicted octanol–water partition coefficient (Wildman–Crippen LogP) is 6.70. The van der Waals surface area contributed by atoms with Crippen molar-refractivity contribution in [3.8, 4) is 11.8 Å². The van der Waals surface area contributed by atoms with Crippen molar-refractivity contribution in [3.05, 3.63) is 29.8 Å². The predicted molar refractivity (Wildman–Crippen MR) is 112 cm³/mol. The molecule has 2 rings (SSSR count). The Bertz CT molecular complexity index is 730. The number of hydrogen-bond donors (Lipinski definition) is 1. The van der Waals surface area contributed by atoms with E-state index >= 15 is 0 Å². The lowest BCUT2D eigenvalue weighted by Gasteiger charge is -2.29. The first-order valence-corrected chi connectivity index (χ1v) is 10.7. The third-order valence-corrected chi connectivity index (χ3v) is 5.77. The number of ether oxygens (including phenoxy) is 1. The second kappa shape index (κ2) is 11.7. The zero-order chi connectivity index (χ0) is 22.0. The number of amidine groups is 1. The molecule has 0 heterocycles. The Balaban J connectivity index is 1.63. The van der Waals surface area contributed by atoms with Crippen LogP contribution >= 0.6 is 0 Å². The Morgan fingerprint density at radius 2 is 1.90 bits per heavy atom. The monoisotopic (exact) mass is 421 g/mol. The maximum absolute atomic E-state index is 12.2. The lowest BCUT2D eigenvalue weighted by molar-refractivity contribution is -0.274. The summed E-state index contributed by atoms with van der Waals surface area (Å²) in [6.07, 6.45) is 5.27. The van der Waals surface area contributed by atoms with Gasteiger partial charge >= 0.3 is 6.36 Å². The van der Waals surface area contributed by atoms with Crippen LogP contribution < -0.4 is 4.74 Å². The van der Waals surface area contributed by atoms with Crippen LogP contribution in [-0.4, -0.2) is 18.4 Å². The van der Waals surface area contributed by atoms with E-state index in [2.05, 4.69) is 22.7 Å². The van der Waals surface area contributed by atoms with Crippen LogP contribution in [0.2, 0.25) is 0 Å². The minimum atomic E-state index is -4.66. The maximum atomic E-state index is 12.2. The van der Waals surface area contributed by atoms with Crippen LogP contribution in [-0.2, 0) is 6.42 Å². The Morgan fingerprint density at radius 1 is 1.23 bits per heavy atom. The van der Waals surface area contributed by atoms with Crippen LogP contribution in [0.15, 0.2) is 29.3 Å². The van der Waals surface area contributed by atoms with E-state index in [1.165, 1.54) is 12.1 Å². The molecular formula is C23H30F3N3O. The average molecular weight is 422 g/mol. The lowest BCUT2D eigenvalue weighted by Crippen LogP contribution is -2.24. The normalized spacial score (nSPS) is 20.6. The summed E-state index contributed by atoms with van der Waals surface area (Å²) in [5, 5.41) is 17.4. The molecule has 1 unspecified atom stereocenters. The molecule has 30 heavy (non-hydrogen) atoms. The highest BCUT2D eigenvalue weighted by Gasteiger charge is 2.31. The lowest BCUT2D eigenvalue weighted by atomic mass is 9.75. The molecule has 1 aromatic rings. The van der Waals surface area contributed by atoms with Gasteiger partial charge in [-0.3, -0.25) is 5.41 Å². The van der Waals surface area contributed by atoms with Gasteiger partial charge in [-0.05, 0) is 81.4 Å². The molecule has 0 saturated heterocycles. The summed E-state index contributed by atoms with van der Waals surface area (Å²) in [6, 6.07) is 8.37. The molecule has 164 valence electrons. The number of unbranched alkanes of at least 4 members (excludes halogenated alkanes) is 2. The Labute approximate surface area is 176 Å². The van der Waals surface area contributed by atoms with Gasteiger partial charge in [0.2, 0.25) is 0 Å². The first-order valence-electron chi connectivity index (χ1n) is 10.7. The summed E-state index contributed by atoms with van der Waals surface area (Å²) >= 11 is 0. The fraction of sp³-hybridized carbons (Fsp3) is 0.609. The number of rotatable bonds is 9. The minimum Gasteiger partial charge on any atom is -0.406 e. The summed E-state index contributed by atoms with van der Waals surface area (Å²) in [5.74, 6) is 1.03. The highest BCUT2D eigenvalue weighted by molar-refractivity contribution is 5.88. The van der Waals surface area contributed by atoms with Crippen molar-refractivity contribution in [1.82, 2.24) is 0 Å². The van der Waals surface area contributed by atoms with Crippen LogP contribution in [0.5, 0.6) is 5.75 Å². The van der Waals surface area contributed by atoms with Gasteiger partial charge in [0.05, 0.1) is 6.07 Å². The van der Waals surface area contributed by atoms with Gasteiger partial charge in [0.1, 0.15) is 11.6 Å². The van der Waals surface area contributed by atoms with E-state index in [9.17, 15) is 18.4 Å². The first kappa shape index (κ1) is 23.9. The first-order chi connectivity index (χ1) is 14.3. The smallest absolute Gasteiger partial charge is 0.406 e. The zero-order valence-corrected chi connectivity index (χ0v) is 17.4. The van der Waals surface area contributed by atoms with Crippen molar-refractivity contribution in [2.75, 3.05) is 0 Å². The van der Waals surface area contributed by atoms with E-state index in [-0.39, 0.29) is 17.6 Å². The van der Waals surface area contributed by atoms with Gasteiger partial charge in [0, 0.05) is 18.1 Å². The molecule has 1 fully saturated rings. The van der Waals surface area contributed by atoms with Crippen molar-refractivity contribution < 1.29 is 17.9 Å². The quantitative estimate of drug-likeness (QED) is 0.274. The van der Waals surface area contributed by atoms with Crippen molar-refractivity contribution in [3.63, 3.8) is 0 Å². The van der Waals surface area contributed by atoms with Crippen LogP contribution in [0.4, 0.5) is 13.2 Å². The SMILES string of the molecule is CCC(C#N)C1CCC(C(=N)N=CCCCCc2ccc(OC(F)(F)F)cc2)CC1. The van der Waals surface area contributed by atoms with E-state index in [1.54, 1.807) is 18.3 Å². The molecule has 0 radical (unpaired) electrons. The molecule has 0 aromatic heterocycles. The summed E-state index contributed by atoms with van der Waals surface area (Å²) in [5.41, 5.74) is 0.966. The summed E-state index contributed by atoms with van der Waals surface area (Å²) in [6.45, 7) is 2.06. The number of nitrogens with zero attached hydrogens (tertiary/aromatic N) is 2. The van der Waals surface area contributed by atoms with Crippen molar-refractivity contribution in [2.45, 2.75) is 71.1 Å². The van der Waals surface area contributed by atoms with Gasteiger partial charge in [-0.2, -0.15) is 5.26 Å². The third-order valence-electron chi connectivity index (χ3n) is 5.77. The van der Waals surface area contributed by atoms with Gasteiger partial charge in [-0.1, -0.05) is 19.1 Å². The minimum absolute atomic E-state index is 0.136. The highest BCUT2D eigenvalue weighted by Crippen LogP contribution is 2.35. The molecular weight excluding hydrogens is 391 g/mol. The second-order valence-corrected chi connectivity index (χ2v) is 7.89. The van der Waals surface area contributed by atoms with Crippen molar-refractivity contribution in [1.29, 1.82) is 10.7 Å². The number of hydrogen-bond acceptors (Lipinski definition) is 3. The van der Waals surface area contributed by atoms with Crippen molar-refractivity contribution in [2.24, 2.45) is 22.7 Å². The summed E-state index contributed by atoms with van der Waals surface area (Å²) in [7, 11) is 0. The molecule has 0 aliphatic heterocycles. The van der Waals surface area contributed by atoms with E-state index < -0.39 is 6.36 Å². The molecule has 1 saturated carbocycles. The van der Waals surface area contributed by atoms with Crippen LogP contribution in [0.1, 0.15) is 63.9 Å². The zero-order valence-electron chi connectivity index (χ0n) is 17.4. The largest absolute Gasteiger partial charge is 0.573 e. The van der Waals surface area contributed by atoms with E-state index in [4.69, 9.17) is 5.41 Å². The molecule has 1 N–H and O–H groups in total. The number of aryl methyl sites for hydroxylation is 1. The van der Waals surface area contributed by atoms with Gasteiger partial charge in [0.25, 0.3) is 0 Å². The summed E-state index contributed by atoms with van der Waals surface area (Å²) in [4.78, 5) is 4.32. The molecule has 7 heteroatoms. The molecule has 1 aliphatic rings. The third kappa shape index (κ3) is 8.17. The molecule has 1 atom stereocenters. The van der Waals surface area contributed by atoms with Gasteiger partial charge in [-0.15, -0.1) is 13.2 Å².